The van der Waals surface area contributed by atoms with E-state index in [4.69, 9.17) is 5.73 Å². The maximum Gasteiger partial charge on any atom is 0.234 e. The van der Waals surface area contributed by atoms with Crippen LogP contribution in [0, 0.1) is 5.92 Å². The molecule has 0 aromatic rings. The third-order valence-electron chi connectivity index (χ3n) is 3.49. The number of piperidine rings is 1. The predicted octanol–water partition coefficient (Wildman–Crippen LogP) is -0.0196. The standard InChI is InChI=1S/C11H21N3O/c1-10(2,3)13-6-11-5-7(11)4-8(14-11)9(12)15/h7-8,13-14H,4-6H2,1-3H3,(H2,12,15). The highest BCUT2D eigenvalue weighted by Crippen LogP contribution is 2.51. The first-order valence-electron chi connectivity index (χ1n) is 5.64. The van der Waals surface area contributed by atoms with Gasteiger partial charge in [0, 0.05) is 17.6 Å². The fourth-order valence-electron chi connectivity index (χ4n) is 2.43. The molecule has 0 aromatic heterocycles. The Balaban J connectivity index is 1.87. The number of hydrogen-bond acceptors (Lipinski definition) is 3. The van der Waals surface area contributed by atoms with Gasteiger partial charge >= 0.3 is 0 Å². The summed E-state index contributed by atoms with van der Waals surface area (Å²) in [4.78, 5) is 11.1. The van der Waals surface area contributed by atoms with Crippen LogP contribution in [-0.2, 0) is 4.79 Å². The number of rotatable bonds is 3. The van der Waals surface area contributed by atoms with Gasteiger partial charge in [-0.25, -0.2) is 0 Å². The van der Waals surface area contributed by atoms with Gasteiger partial charge in [0.15, 0.2) is 0 Å². The second-order valence-corrected chi connectivity index (χ2v) is 6.00. The highest BCUT2D eigenvalue weighted by Gasteiger charge is 2.60. The van der Waals surface area contributed by atoms with Crippen LogP contribution in [0.1, 0.15) is 33.6 Å². The first-order chi connectivity index (χ1) is 6.82. The molecule has 4 N–H and O–H groups in total. The Kier molecular flexibility index (Phi) is 2.32. The van der Waals surface area contributed by atoms with E-state index in [1.54, 1.807) is 0 Å². The molecule has 1 amide bonds. The van der Waals surface area contributed by atoms with Gasteiger partial charge in [0.2, 0.25) is 5.91 Å². The lowest BCUT2D eigenvalue weighted by Gasteiger charge is -2.25. The summed E-state index contributed by atoms with van der Waals surface area (Å²) in [6.07, 6.45) is 2.10. The van der Waals surface area contributed by atoms with E-state index in [-0.39, 0.29) is 23.0 Å². The van der Waals surface area contributed by atoms with Crippen LogP contribution < -0.4 is 16.4 Å². The van der Waals surface area contributed by atoms with Gasteiger partial charge in [-0.15, -0.1) is 0 Å². The molecular formula is C11H21N3O. The molecule has 4 heteroatoms. The van der Waals surface area contributed by atoms with Crippen molar-refractivity contribution in [3.8, 4) is 0 Å². The fraction of sp³-hybridized carbons (Fsp3) is 0.909. The van der Waals surface area contributed by atoms with Crippen molar-refractivity contribution < 1.29 is 4.79 Å². The molecule has 15 heavy (non-hydrogen) atoms. The molecule has 2 fully saturated rings. The lowest BCUT2D eigenvalue weighted by molar-refractivity contribution is -0.120. The van der Waals surface area contributed by atoms with Gasteiger partial charge in [0.05, 0.1) is 6.04 Å². The van der Waals surface area contributed by atoms with Crippen molar-refractivity contribution in [1.82, 2.24) is 10.6 Å². The van der Waals surface area contributed by atoms with Crippen LogP contribution in [-0.4, -0.2) is 29.6 Å². The van der Waals surface area contributed by atoms with Gasteiger partial charge in [-0.05, 0) is 39.5 Å². The van der Waals surface area contributed by atoms with E-state index < -0.39 is 0 Å². The summed E-state index contributed by atoms with van der Waals surface area (Å²) < 4.78 is 0. The van der Waals surface area contributed by atoms with Crippen LogP contribution in [0.25, 0.3) is 0 Å². The van der Waals surface area contributed by atoms with Crippen LogP contribution in [0.4, 0.5) is 0 Å². The molecule has 1 saturated heterocycles. The molecule has 0 bridgehead atoms. The first kappa shape index (κ1) is 10.9. The van der Waals surface area contributed by atoms with Gasteiger partial charge in [-0.3, -0.25) is 10.1 Å². The average molecular weight is 211 g/mol. The molecule has 2 aliphatic rings. The maximum atomic E-state index is 11.1. The number of carbonyl (C=O) groups excluding carboxylic acids is 1. The van der Waals surface area contributed by atoms with Gasteiger partial charge in [0.25, 0.3) is 0 Å². The van der Waals surface area contributed by atoms with E-state index in [0.717, 1.165) is 13.0 Å². The minimum absolute atomic E-state index is 0.106. The summed E-state index contributed by atoms with van der Waals surface area (Å²) in [7, 11) is 0. The summed E-state index contributed by atoms with van der Waals surface area (Å²) in [6, 6.07) is -0.106. The smallest absolute Gasteiger partial charge is 0.234 e. The van der Waals surface area contributed by atoms with Crippen LogP contribution >= 0.6 is 0 Å². The Labute approximate surface area is 91.0 Å². The zero-order valence-electron chi connectivity index (χ0n) is 9.76. The molecule has 2 rings (SSSR count). The second-order valence-electron chi connectivity index (χ2n) is 6.00. The quantitative estimate of drug-likeness (QED) is 0.614. The third kappa shape index (κ3) is 2.16. The first-order valence-corrected chi connectivity index (χ1v) is 5.64. The van der Waals surface area contributed by atoms with E-state index in [2.05, 4.69) is 31.4 Å². The Bertz CT molecular complexity index is 284. The number of nitrogens with one attached hydrogen (secondary N) is 2. The van der Waals surface area contributed by atoms with Crippen LogP contribution in [0.5, 0.6) is 0 Å². The molecular weight excluding hydrogens is 190 g/mol. The normalized spacial score (nSPS) is 38.9. The van der Waals surface area contributed by atoms with Crippen molar-refractivity contribution >= 4 is 5.91 Å². The molecule has 1 heterocycles. The maximum absolute atomic E-state index is 11.1. The lowest BCUT2D eigenvalue weighted by atomic mass is 10.1. The van der Waals surface area contributed by atoms with Crippen LogP contribution in [0.2, 0.25) is 0 Å². The number of amides is 1. The SMILES string of the molecule is CC(C)(C)NCC12CC1CC(C(N)=O)N2. The predicted molar refractivity (Wildman–Crippen MR) is 59.3 cm³/mol. The zero-order chi connectivity index (χ0) is 11.3. The van der Waals surface area contributed by atoms with Crippen molar-refractivity contribution in [2.45, 2.75) is 50.7 Å². The number of primary amides is 1. The molecule has 0 spiro atoms. The Morgan fingerprint density at radius 1 is 1.60 bits per heavy atom. The van der Waals surface area contributed by atoms with E-state index in [0.29, 0.717) is 5.92 Å². The minimum Gasteiger partial charge on any atom is -0.368 e. The van der Waals surface area contributed by atoms with Gasteiger partial charge in [-0.2, -0.15) is 0 Å². The largest absolute Gasteiger partial charge is 0.368 e. The fourth-order valence-corrected chi connectivity index (χ4v) is 2.43. The summed E-state index contributed by atoms with van der Waals surface area (Å²) in [6.45, 7) is 7.40. The summed E-state index contributed by atoms with van der Waals surface area (Å²) in [5.74, 6) is 0.433. The van der Waals surface area contributed by atoms with Crippen molar-refractivity contribution in [1.29, 1.82) is 0 Å². The van der Waals surface area contributed by atoms with E-state index >= 15 is 0 Å². The molecule has 4 nitrogen and oxygen atoms in total. The monoisotopic (exact) mass is 211 g/mol. The van der Waals surface area contributed by atoms with Gasteiger partial charge in [0.1, 0.15) is 0 Å². The molecule has 0 radical (unpaired) electrons. The molecule has 3 unspecified atom stereocenters. The Hall–Kier alpha value is -0.610. The summed E-state index contributed by atoms with van der Waals surface area (Å²) in [5.41, 5.74) is 5.59. The highest BCUT2D eigenvalue weighted by molar-refractivity contribution is 5.80. The molecule has 3 atom stereocenters. The zero-order valence-corrected chi connectivity index (χ0v) is 9.76. The van der Waals surface area contributed by atoms with E-state index in [1.807, 2.05) is 0 Å². The molecule has 1 aliphatic carbocycles. The van der Waals surface area contributed by atoms with E-state index in [1.165, 1.54) is 6.42 Å². The van der Waals surface area contributed by atoms with Gasteiger partial charge in [-0.1, -0.05) is 0 Å². The average Bonchev–Trinajstić information content (AvgIpc) is 2.65. The van der Waals surface area contributed by atoms with Gasteiger partial charge < -0.3 is 11.1 Å². The lowest BCUT2D eigenvalue weighted by Crippen LogP contribution is -2.50. The van der Waals surface area contributed by atoms with Crippen molar-refractivity contribution in [3.63, 3.8) is 0 Å². The van der Waals surface area contributed by atoms with Crippen molar-refractivity contribution in [2.24, 2.45) is 11.7 Å². The second kappa shape index (κ2) is 3.19. The number of carbonyl (C=O) groups is 1. The molecule has 1 aliphatic heterocycles. The molecule has 1 saturated carbocycles. The Morgan fingerprint density at radius 2 is 2.27 bits per heavy atom. The third-order valence-corrected chi connectivity index (χ3v) is 3.49. The van der Waals surface area contributed by atoms with Crippen LogP contribution in [0.3, 0.4) is 0 Å². The number of fused-ring (bicyclic) bond motifs is 1. The molecule has 0 aromatic carbocycles. The minimum atomic E-state index is -0.211. The number of hydrogen-bond donors (Lipinski definition) is 3. The molecule has 86 valence electrons. The van der Waals surface area contributed by atoms with Crippen molar-refractivity contribution in [2.75, 3.05) is 6.54 Å². The number of nitrogens with two attached hydrogens (primary N) is 1. The van der Waals surface area contributed by atoms with E-state index in [9.17, 15) is 4.79 Å². The Morgan fingerprint density at radius 3 is 2.73 bits per heavy atom. The van der Waals surface area contributed by atoms with Crippen LogP contribution in [0.15, 0.2) is 0 Å². The summed E-state index contributed by atoms with van der Waals surface area (Å²) >= 11 is 0. The summed E-state index contributed by atoms with van der Waals surface area (Å²) in [5, 5.41) is 6.87. The van der Waals surface area contributed by atoms with Crippen molar-refractivity contribution in [3.05, 3.63) is 0 Å². The topological polar surface area (TPSA) is 67.1 Å². The highest BCUT2D eigenvalue weighted by atomic mass is 16.1.